The first-order chi connectivity index (χ1) is 7.81. The third-order valence-electron chi connectivity index (χ3n) is 2.97. The minimum absolute atomic E-state index is 0.0153. The van der Waals surface area contributed by atoms with Gasteiger partial charge in [-0.2, -0.15) is 0 Å². The van der Waals surface area contributed by atoms with Gasteiger partial charge in [-0.1, -0.05) is 25.1 Å². The Labute approximate surface area is 96.6 Å². The number of para-hydroxylation sites is 1. The molecule has 2 rings (SSSR count). The molecule has 1 aliphatic heterocycles. The third-order valence-corrected chi connectivity index (χ3v) is 2.97. The second-order valence-corrected chi connectivity index (χ2v) is 4.22. The summed E-state index contributed by atoms with van der Waals surface area (Å²) in [6, 6.07) is 7.44. The molecule has 0 unspecified atom stereocenters. The molecule has 0 spiro atoms. The largest absolute Gasteiger partial charge is 0.508 e. The molecule has 88 valence electrons. The number of phenolic OH excluding ortho intramolecular Hbond substituents is 1. The van der Waals surface area contributed by atoms with Crippen LogP contribution in [-0.2, 0) is 4.74 Å². The fourth-order valence-electron chi connectivity index (χ4n) is 2.17. The SMILES string of the molecule is CCCN1CCO[C@@H](c2ccccc2O)C1. The minimum Gasteiger partial charge on any atom is -0.508 e. The lowest BCUT2D eigenvalue weighted by atomic mass is 10.1. The highest BCUT2D eigenvalue weighted by atomic mass is 16.5. The predicted molar refractivity (Wildman–Crippen MR) is 63.5 cm³/mol. The molecule has 0 amide bonds. The summed E-state index contributed by atoms with van der Waals surface area (Å²) < 4.78 is 5.72. The summed E-state index contributed by atoms with van der Waals surface area (Å²) in [5.74, 6) is 0.339. The maximum absolute atomic E-state index is 9.78. The topological polar surface area (TPSA) is 32.7 Å². The molecule has 1 fully saturated rings. The van der Waals surface area contributed by atoms with Gasteiger partial charge in [-0.3, -0.25) is 4.90 Å². The number of morpholine rings is 1. The highest BCUT2D eigenvalue weighted by molar-refractivity contribution is 5.34. The first kappa shape index (κ1) is 11.4. The van der Waals surface area contributed by atoms with E-state index in [1.165, 1.54) is 0 Å². The maximum atomic E-state index is 9.78. The van der Waals surface area contributed by atoms with Crippen molar-refractivity contribution in [3.05, 3.63) is 29.8 Å². The fourth-order valence-corrected chi connectivity index (χ4v) is 2.17. The van der Waals surface area contributed by atoms with Crippen molar-refractivity contribution in [2.45, 2.75) is 19.4 Å². The van der Waals surface area contributed by atoms with Crippen molar-refractivity contribution in [2.75, 3.05) is 26.2 Å². The normalized spacial score (nSPS) is 22.2. The van der Waals surface area contributed by atoms with Crippen LogP contribution in [0.25, 0.3) is 0 Å². The molecule has 1 saturated heterocycles. The van der Waals surface area contributed by atoms with Crippen LogP contribution in [0, 0.1) is 0 Å². The van der Waals surface area contributed by atoms with Crippen molar-refractivity contribution in [2.24, 2.45) is 0 Å². The molecule has 1 aromatic carbocycles. The van der Waals surface area contributed by atoms with Crippen molar-refractivity contribution >= 4 is 0 Å². The lowest BCUT2D eigenvalue weighted by molar-refractivity contribution is -0.0307. The molecule has 1 N–H and O–H groups in total. The Morgan fingerprint density at radius 3 is 3.00 bits per heavy atom. The van der Waals surface area contributed by atoms with E-state index >= 15 is 0 Å². The summed E-state index contributed by atoms with van der Waals surface area (Å²) in [4.78, 5) is 2.39. The summed E-state index contributed by atoms with van der Waals surface area (Å²) in [5, 5.41) is 9.78. The number of aromatic hydroxyl groups is 1. The molecule has 0 aliphatic carbocycles. The van der Waals surface area contributed by atoms with Crippen molar-refractivity contribution in [1.29, 1.82) is 0 Å². The average molecular weight is 221 g/mol. The molecule has 1 aromatic rings. The molecule has 3 heteroatoms. The number of ether oxygens (including phenoxy) is 1. The van der Waals surface area contributed by atoms with Crippen LogP contribution < -0.4 is 0 Å². The molecular formula is C13H19NO2. The van der Waals surface area contributed by atoms with Gasteiger partial charge in [0.25, 0.3) is 0 Å². The van der Waals surface area contributed by atoms with E-state index in [-0.39, 0.29) is 6.10 Å². The van der Waals surface area contributed by atoms with Crippen molar-refractivity contribution in [3.63, 3.8) is 0 Å². The van der Waals surface area contributed by atoms with Gasteiger partial charge in [0.05, 0.1) is 12.7 Å². The van der Waals surface area contributed by atoms with E-state index < -0.39 is 0 Å². The molecule has 0 aromatic heterocycles. The Bertz CT molecular complexity index is 338. The van der Waals surface area contributed by atoms with Gasteiger partial charge in [0.2, 0.25) is 0 Å². The summed E-state index contributed by atoms with van der Waals surface area (Å²) >= 11 is 0. The van der Waals surface area contributed by atoms with E-state index in [4.69, 9.17) is 4.74 Å². The summed E-state index contributed by atoms with van der Waals surface area (Å²) in [7, 11) is 0. The van der Waals surface area contributed by atoms with E-state index in [1.807, 2.05) is 18.2 Å². The number of phenols is 1. The lowest BCUT2D eigenvalue weighted by Crippen LogP contribution is -2.38. The van der Waals surface area contributed by atoms with Crippen molar-refractivity contribution < 1.29 is 9.84 Å². The fraction of sp³-hybridized carbons (Fsp3) is 0.538. The highest BCUT2D eigenvalue weighted by Gasteiger charge is 2.23. The van der Waals surface area contributed by atoms with Crippen LogP contribution in [0.15, 0.2) is 24.3 Å². The predicted octanol–water partition coefficient (Wildman–Crippen LogP) is 2.18. The first-order valence-corrected chi connectivity index (χ1v) is 5.93. The Morgan fingerprint density at radius 2 is 2.25 bits per heavy atom. The van der Waals surface area contributed by atoms with Gasteiger partial charge in [0, 0.05) is 18.7 Å². The monoisotopic (exact) mass is 221 g/mol. The number of benzene rings is 1. The van der Waals surface area contributed by atoms with Crippen LogP contribution >= 0.6 is 0 Å². The number of rotatable bonds is 3. The maximum Gasteiger partial charge on any atom is 0.121 e. The molecule has 0 bridgehead atoms. The van der Waals surface area contributed by atoms with Gasteiger partial charge in [-0.25, -0.2) is 0 Å². The molecule has 0 radical (unpaired) electrons. The van der Waals surface area contributed by atoms with E-state index in [0.29, 0.717) is 5.75 Å². The Morgan fingerprint density at radius 1 is 1.44 bits per heavy atom. The quantitative estimate of drug-likeness (QED) is 0.849. The molecule has 1 atom stereocenters. The van der Waals surface area contributed by atoms with E-state index in [0.717, 1.165) is 38.2 Å². The molecular weight excluding hydrogens is 202 g/mol. The van der Waals surface area contributed by atoms with Crippen molar-refractivity contribution in [3.8, 4) is 5.75 Å². The Kier molecular flexibility index (Phi) is 3.80. The molecule has 3 nitrogen and oxygen atoms in total. The van der Waals surface area contributed by atoms with E-state index in [1.54, 1.807) is 6.07 Å². The zero-order chi connectivity index (χ0) is 11.4. The highest BCUT2D eigenvalue weighted by Crippen LogP contribution is 2.28. The van der Waals surface area contributed by atoms with Crippen LogP contribution in [0.3, 0.4) is 0 Å². The zero-order valence-corrected chi connectivity index (χ0v) is 9.72. The molecule has 1 heterocycles. The smallest absolute Gasteiger partial charge is 0.121 e. The molecule has 16 heavy (non-hydrogen) atoms. The van der Waals surface area contributed by atoms with Gasteiger partial charge in [0.15, 0.2) is 0 Å². The van der Waals surface area contributed by atoms with Crippen LogP contribution in [0.2, 0.25) is 0 Å². The average Bonchev–Trinajstić information content (AvgIpc) is 2.30. The second kappa shape index (κ2) is 5.32. The summed E-state index contributed by atoms with van der Waals surface area (Å²) in [6.45, 7) is 5.92. The van der Waals surface area contributed by atoms with Gasteiger partial charge >= 0.3 is 0 Å². The van der Waals surface area contributed by atoms with E-state index in [2.05, 4.69) is 11.8 Å². The molecule has 0 saturated carbocycles. The van der Waals surface area contributed by atoms with Crippen LogP contribution in [0.4, 0.5) is 0 Å². The second-order valence-electron chi connectivity index (χ2n) is 4.22. The first-order valence-electron chi connectivity index (χ1n) is 5.93. The number of hydrogen-bond donors (Lipinski definition) is 1. The standard InChI is InChI=1S/C13H19NO2/c1-2-7-14-8-9-16-13(10-14)11-5-3-4-6-12(11)15/h3-6,13,15H,2,7-10H2,1H3/t13-/m1/s1. The number of nitrogens with zero attached hydrogens (tertiary/aromatic N) is 1. The summed E-state index contributed by atoms with van der Waals surface area (Å²) in [5.41, 5.74) is 0.906. The lowest BCUT2D eigenvalue weighted by Gasteiger charge is -2.33. The van der Waals surface area contributed by atoms with Gasteiger partial charge in [-0.15, -0.1) is 0 Å². The van der Waals surface area contributed by atoms with E-state index in [9.17, 15) is 5.11 Å². The van der Waals surface area contributed by atoms with Gasteiger partial charge < -0.3 is 9.84 Å². The van der Waals surface area contributed by atoms with Crippen LogP contribution in [0.5, 0.6) is 5.75 Å². The summed E-state index contributed by atoms with van der Waals surface area (Å²) in [6.07, 6.45) is 1.18. The minimum atomic E-state index is 0.0153. The van der Waals surface area contributed by atoms with Gasteiger partial charge in [-0.05, 0) is 19.0 Å². The number of hydrogen-bond acceptors (Lipinski definition) is 3. The molecule has 1 aliphatic rings. The van der Waals surface area contributed by atoms with Crippen LogP contribution in [-0.4, -0.2) is 36.2 Å². The van der Waals surface area contributed by atoms with Crippen molar-refractivity contribution in [1.82, 2.24) is 4.90 Å². The Hall–Kier alpha value is -1.06. The van der Waals surface area contributed by atoms with Gasteiger partial charge in [0.1, 0.15) is 5.75 Å². The van der Waals surface area contributed by atoms with Crippen LogP contribution in [0.1, 0.15) is 25.0 Å². The third kappa shape index (κ3) is 2.54. The zero-order valence-electron chi connectivity index (χ0n) is 9.72. The Balaban J connectivity index is 2.07.